The van der Waals surface area contributed by atoms with E-state index in [1.807, 2.05) is 24.3 Å². The Kier molecular flexibility index (Phi) is 2.38. The van der Waals surface area contributed by atoms with Crippen LogP contribution in [0.15, 0.2) is 24.3 Å². The van der Waals surface area contributed by atoms with Crippen molar-refractivity contribution in [1.29, 1.82) is 5.26 Å². The van der Waals surface area contributed by atoms with Gasteiger partial charge in [-0.2, -0.15) is 5.26 Å². The average molecular weight is 187 g/mol. The van der Waals surface area contributed by atoms with Crippen LogP contribution in [0.1, 0.15) is 12.0 Å². The van der Waals surface area contributed by atoms with E-state index in [0.29, 0.717) is 5.56 Å². The Balaban J connectivity index is 2.20. The molecule has 1 heterocycles. The Morgan fingerprint density at radius 1 is 1.50 bits per heavy atom. The lowest BCUT2D eigenvalue weighted by Crippen LogP contribution is -2.26. The summed E-state index contributed by atoms with van der Waals surface area (Å²) in [6.45, 7) is 1.89. The Bertz CT molecular complexity index is 367. The van der Waals surface area contributed by atoms with Crippen molar-refractivity contribution in [3.63, 3.8) is 0 Å². The van der Waals surface area contributed by atoms with E-state index in [2.05, 4.69) is 11.0 Å². The molecule has 2 rings (SSSR count). The van der Waals surface area contributed by atoms with E-state index in [-0.39, 0.29) is 6.04 Å². The van der Waals surface area contributed by atoms with Gasteiger partial charge in [-0.25, -0.2) is 0 Å². The van der Waals surface area contributed by atoms with Gasteiger partial charge in [0.1, 0.15) is 0 Å². The topological polar surface area (TPSA) is 53.0 Å². The second-order valence-electron chi connectivity index (χ2n) is 3.66. The molecule has 72 valence electrons. The third-order valence-electron chi connectivity index (χ3n) is 2.57. The van der Waals surface area contributed by atoms with E-state index in [4.69, 9.17) is 11.0 Å². The van der Waals surface area contributed by atoms with Crippen LogP contribution in [0.2, 0.25) is 0 Å². The minimum absolute atomic E-state index is 0.278. The zero-order valence-corrected chi connectivity index (χ0v) is 7.98. The van der Waals surface area contributed by atoms with Crippen molar-refractivity contribution < 1.29 is 0 Å². The molecule has 3 nitrogen and oxygen atoms in total. The average Bonchev–Trinajstić information content (AvgIpc) is 2.65. The fourth-order valence-corrected chi connectivity index (χ4v) is 1.79. The normalized spacial score (nSPS) is 20.9. The van der Waals surface area contributed by atoms with E-state index in [1.54, 1.807) is 0 Å². The molecule has 1 aliphatic rings. The molecule has 1 saturated heterocycles. The third kappa shape index (κ3) is 1.70. The lowest BCUT2D eigenvalue weighted by molar-refractivity contribution is 0.752. The number of nitrogens with two attached hydrogens (primary N) is 1. The van der Waals surface area contributed by atoms with Crippen molar-refractivity contribution >= 4 is 5.69 Å². The van der Waals surface area contributed by atoms with E-state index >= 15 is 0 Å². The van der Waals surface area contributed by atoms with Crippen molar-refractivity contribution in [2.24, 2.45) is 5.73 Å². The highest BCUT2D eigenvalue weighted by atomic mass is 15.2. The standard InChI is InChI=1S/C11H13N3/c12-7-9-2-1-3-11(6-9)14-5-4-10(13)8-14/h1-3,6,10H,4-5,8,13H2. The van der Waals surface area contributed by atoms with Gasteiger partial charge in [0.2, 0.25) is 0 Å². The quantitative estimate of drug-likeness (QED) is 0.716. The summed E-state index contributed by atoms with van der Waals surface area (Å²) in [6, 6.07) is 10.1. The summed E-state index contributed by atoms with van der Waals surface area (Å²) >= 11 is 0. The number of hydrogen-bond donors (Lipinski definition) is 1. The van der Waals surface area contributed by atoms with Gasteiger partial charge in [-0.15, -0.1) is 0 Å². The largest absolute Gasteiger partial charge is 0.370 e. The van der Waals surface area contributed by atoms with Gasteiger partial charge in [0.15, 0.2) is 0 Å². The number of benzene rings is 1. The van der Waals surface area contributed by atoms with Gasteiger partial charge in [-0.1, -0.05) is 6.07 Å². The number of nitriles is 1. The molecule has 0 saturated carbocycles. The predicted molar refractivity (Wildman–Crippen MR) is 56.0 cm³/mol. The maximum Gasteiger partial charge on any atom is 0.0992 e. The summed E-state index contributed by atoms with van der Waals surface area (Å²) in [6.07, 6.45) is 1.04. The maximum atomic E-state index is 8.76. The number of nitrogens with zero attached hydrogens (tertiary/aromatic N) is 2. The van der Waals surface area contributed by atoms with Crippen molar-refractivity contribution in [2.75, 3.05) is 18.0 Å². The molecule has 0 bridgehead atoms. The Morgan fingerprint density at radius 2 is 2.36 bits per heavy atom. The van der Waals surface area contributed by atoms with E-state index < -0.39 is 0 Å². The number of anilines is 1. The molecule has 1 aromatic rings. The van der Waals surface area contributed by atoms with Crippen molar-refractivity contribution in [1.82, 2.24) is 0 Å². The van der Waals surface area contributed by atoms with E-state index in [1.165, 1.54) is 0 Å². The first kappa shape index (κ1) is 9.04. The molecular weight excluding hydrogens is 174 g/mol. The van der Waals surface area contributed by atoms with Crippen LogP contribution in [-0.2, 0) is 0 Å². The Hall–Kier alpha value is -1.53. The van der Waals surface area contributed by atoms with Gasteiger partial charge < -0.3 is 10.6 Å². The smallest absolute Gasteiger partial charge is 0.0992 e. The molecule has 0 amide bonds. The molecule has 1 fully saturated rings. The first-order chi connectivity index (χ1) is 6.79. The lowest BCUT2D eigenvalue weighted by atomic mass is 10.2. The zero-order chi connectivity index (χ0) is 9.97. The second kappa shape index (κ2) is 3.69. The first-order valence-electron chi connectivity index (χ1n) is 4.80. The van der Waals surface area contributed by atoms with Gasteiger partial charge >= 0.3 is 0 Å². The van der Waals surface area contributed by atoms with Gasteiger partial charge in [0.25, 0.3) is 0 Å². The van der Waals surface area contributed by atoms with Crippen LogP contribution in [0, 0.1) is 11.3 Å². The van der Waals surface area contributed by atoms with E-state index in [9.17, 15) is 0 Å². The van der Waals surface area contributed by atoms with Crippen LogP contribution in [0.5, 0.6) is 0 Å². The molecule has 2 N–H and O–H groups in total. The van der Waals surface area contributed by atoms with Crippen LogP contribution in [0.25, 0.3) is 0 Å². The molecule has 1 aliphatic heterocycles. The SMILES string of the molecule is N#Cc1cccc(N2CCC(N)C2)c1. The number of hydrogen-bond acceptors (Lipinski definition) is 3. The number of rotatable bonds is 1. The molecule has 0 radical (unpaired) electrons. The van der Waals surface area contributed by atoms with Gasteiger partial charge in [0, 0.05) is 24.8 Å². The highest BCUT2D eigenvalue weighted by molar-refractivity contribution is 5.52. The summed E-state index contributed by atoms with van der Waals surface area (Å²) in [5, 5.41) is 8.76. The monoisotopic (exact) mass is 187 g/mol. The molecule has 1 atom stereocenters. The molecule has 0 aliphatic carbocycles. The van der Waals surface area contributed by atoms with Crippen LogP contribution in [0.3, 0.4) is 0 Å². The molecule has 1 unspecified atom stereocenters. The zero-order valence-electron chi connectivity index (χ0n) is 7.98. The van der Waals surface area contributed by atoms with Crippen LogP contribution in [0.4, 0.5) is 5.69 Å². The first-order valence-corrected chi connectivity index (χ1v) is 4.80. The van der Waals surface area contributed by atoms with Gasteiger partial charge in [-0.05, 0) is 24.6 Å². The van der Waals surface area contributed by atoms with Crippen molar-refractivity contribution in [3.05, 3.63) is 29.8 Å². The molecule has 1 aromatic carbocycles. The predicted octanol–water partition coefficient (Wildman–Crippen LogP) is 1.10. The minimum atomic E-state index is 0.278. The maximum absolute atomic E-state index is 8.76. The third-order valence-corrected chi connectivity index (χ3v) is 2.57. The molecule has 0 aromatic heterocycles. The summed E-state index contributed by atoms with van der Waals surface area (Å²) in [5.74, 6) is 0. The van der Waals surface area contributed by atoms with Crippen molar-refractivity contribution in [2.45, 2.75) is 12.5 Å². The van der Waals surface area contributed by atoms with Gasteiger partial charge in [-0.3, -0.25) is 0 Å². The Labute approximate surface area is 83.7 Å². The summed E-state index contributed by atoms with van der Waals surface area (Å²) in [7, 11) is 0. The fraction of sp³-hybridized carbons (Fsp3) is 0.364. The molecule has 14 heavy (non-hydrogen) atoms. The molecule has 0 spiro atoms. The van der Waals surface area contributed by atoms with Crippen LogP contribution >= 0.6 is 0 Å². The second-order valence-corrected chi connectivity index (χ2v) is 3.66. The minimum Gasteiger partial charge on any atom is -0.370 e. The molecule has 3 heteroatoms. The summed E-state index contributed by atoms with van der Waals surface area (Å²) in [4.78, 5) is 2.23. The molecular formula is C11H13N3. The van der Waals surface area contributed by atoms with E-state index in [0.717, 1.165) is 25.2 Å². The highest BCUT2D eigenvalue weighted by Crippen LogP contribution is 2.20. The Morgan fingerprint density at radius 3 is 3.00 bits per heavy atom. The highest BCUT2D eigenvalue weighted by Gasteiger charge is 2.19. The van der Waals surface area contributed by atoms with Crippen LogP contribution < -0.4 is 10.6 Å². The fourth-order valence-electron chi connectivity index (χ4n) is 1.79. The summed E-state index contributed by atoms with van der Waals surface area (Å²) < 4.78 is 0. The van der Waals surface area contributed by atoms with Gasteiger partial charge in [0.05, 0.1) is 11.6 Å². The summed E-state index contributed by atoms with van der Waals surface area (Å²) in [5.41, 5.74) is 7.65. The van der Waals surface area contributed by atoms with Crippen LogP contribution in [-0.4, -0.2) is 19.1 Å². The van der Waals surface area contributed by atoms with Crippen molar-refractivity contribution in [3.8, 4) is 6.07 Å². The lowest BCUT2D eigenvalue weighted by Gasteiger charge is -2.17.